The van der Waals surface area contributed by atoms with E-state index in [0.717, 1.165) is 10.5 Å². The van der Waals surface area contributed by atoms with E-state index in [0.29, 0.717) is 21.4 Å². The number of nitrogen functional groups attached to an aromatic ring is 1. The van der Waals surface area contributed by atoms with Crippen molar-refractivity contribution in [3.63, 3.8) is 0 Å². The Morgan fingerprint density at radius 3 is 2.62 bits per heavy atom. The molecule has 3 nitrogen and oxygen atoms in total. The zero-order valence-electron chi connectivity index (χ0n) is 11.3. The number of carbonyl (C=O) groups excluding carboxylic acids is 1. The van der Waals surface area contributed by atoms with Crippen molar-refractivity contribution >= 4 is 52.2 Å². The van der Waals surface area contributed by atoms with Crippen molar-refractivity contribution in [2.45, 2.75) is 11.8 Å². The third-order valence-electron chi connectivity index (χ3n) is 2.80. The molecule has 0 bridgehead atoms. The molecule has 0 aromatic heterocycles. The van der Waals surface area contributed by atoms with Crippen LogP contribution in [0.5, 0.6) is 0 Å². The number of benzene rings is 2. The van der Waals surface area contributed by atoms with Crippen LogP contribution in [0.4, 0.5) is 11.4 Å². The van der Waals surface area contributed by atoms with Crippen molar-refractivity contribution in [2.75, 3.05) is 16.8 Å². The van der Waals surface area contributed by atoms with Crippen molar-refractivity contribution in [1.29, 1.82) is 0 Å². The highest BCUT2D eigenvalue weighted by Gasteiger charge is 2.06. The van der Waals surface area contributed by atoms with Gasteiger partial charge in [-0.3, -0.25) is 4.79 Å². The first-order valence-electron chi connectivity index (χ1n) is 6.19. The summed E-state index contributed by atoms with van der Waals surface area (Å²) in [5.74, 6) is 0.180. The topological polar surface area (TPSA) is 55.1 Å². The Hall–Kier alpha value is -1.36. The Labute approximate surface area is 137 Å². The summed E-state index contributed by atoms with van der Waals surface area (Å²) in [5.41, 5.74) is 7.83. The summed E-state index contributed by atoms with van der Waals surface area (Å²) < 4.78 is 0. The lowest BCUT2D eigenvalue weighted by atomic mass is 10.2. The minimum absolute atomic E-state index is 0.104. The van der Waals surface area contributed by atoms with Gasteiger partial charge in [-0.1, -0.05) is 29.3 Å². The van der Waals surface area contributed by atoms with Gasteiger partial charge in [0.05, 0.1) is 16.5 Å². The van der Waals surface area contributed by atoms with E-state index in [4.69, 9.17) is 28.9 Å². The summed E-state index contributed by atoms with van der Waals surface area (Å²) in [6, 6.07) is 10.7. The van der Waals surface area contributed by atoms with E-state index in [1.807, 2.05) is 25.1 Å². The Morgan fingerprint density at radius 2 is 1.95 bits per heavy atom. The fraction of sp³-hybridized carbons (Fsp3) is 0.133. The maximum Gasteiger partial charge on any atom is 0.234 e. The van der Waals surface area contributed by atoms with Gasteiger partial charge in [0.2, 0.25) is 5.91 Å². The van der Waals surface area contributed by atoms with Gasteiger partial charge in [-0.25, -0.2) is 0 Å². The highest BCUT2D eigenvalue weighted by molar-refractivity contribution is 8.00. The lowest BCUT2D eigenvalue weighted by Gasteiger charge is -2.07. The van der Waals surface area contributed by atoms with Crippen molar-refractivity contribution < 1.29 is 4.79 Å². The van der Waals surface area contributed by atoms with Crippen LogP contribution in [0.15, 0.2) is 41.3 Å². The van der Waals surface area contributed by atoms with Crippen molar-refractivity contribution in [3.05, 3.63) is 52.0 Å². The lowest BCUT2D eigenvalue weighted by Crippen LogP contribution is -2.13. The minimum atomic E-state index is -0.104. The Kier molecular flexibility index (Phi) is 5.39. The number of hydrogen-bond acceptors (Lipinski definition) is 3. The third-order valence-corrected chi connectivity index (χ3v) is 4.53. The van der Waals surface area contributed by atoms with Crippen LogP contribution in [0, 0.1) is 6.92 Å². The van der Waals surface area contributed by atoms with Gasteiger partial charge in [0, 0.05) is 15.6 Å². The molecule has 0 aliphatic heterocycles. The summed E-state index contributed by atoms with van der Waals surface area (Å²) in [6.45, 7) is 1.91. The normalized spacial score (nSPS) is 10.4. The Bertz CT molecular complexity index is 677. The number of nitrogens with two attached hydrogens (primary N) is 1. The zero-order chi connectivity index (χ0) is 15.4. The molecule has 3 N–H and O–H groups in total. The number of aryl methyl sites for hydroxylation is 1. The van der Waals surface area contributed by atoms with Crippen LogP contribution in [0.2, 0.25) is 10.0 Å². The van der Waals surface area contributed by atoms with Gasteiger partial charge in [-0.15, -0.1) is 11.8 Å². The molecule has 0 atom stereocenters. The largest absolute Gasteiger partial charge is 0.398 e. The number of amides is 1. The quantitative estimate of drug-likeness (QED) is 0.630. The number of hydrogen-bond donors (Lipinski definition) is 2. The first-order chi connectivity index (χ1) is 9.95. The maximum atomic E-state index is 11.9. The van der Waals surface area contributed by atoms with E-state index in [9.17, 15) is 4.79 Å². The molecule has 6 heteroatoms. The van der Waals surface area contributed by atoms with Crippen molar-refractivity contribution in [1.82, 2.24) is 0 Å². The number of anilines is 2. The average molecular weight is 341 g/mol. The second-order valence-corrected chi connectivity index (χ2v) is 6.35. The van der Waals surface area contributed by atoms with Gasteiger partial charge in [0.15, 0.2) is 0 Å². The molecule has 1 amide bonds. The van der Waals surface area contributed by atoms with Gasteiger partial charge in [0.25, 0.3) is 0 Å². The lowest BCUT2D eigenvalue weighted by molar-refractivity contribution is -0.113. The number of thioether (sulfide) groups is 1. The fourth-order valence-corrected chi connectivity index (χ4v) is 2.78. The molecule has 2 aromatic carbocycles. The molecule has 0 fully saturated rings. The molecule has 110 valence electrons. The van der Waals surface area contributed by atoms with Crippen LogP contribution < -0.4 is 11.1 Å². The van der Waals surface area contributed by atoms with Gasteiger partial charge in [-0.05, 0) is 42.8 Å². The second-order valence-electron chi connectivity index (χ2n) is 4.48. The predicted molar refractivity (Wildman–Crippen MR) is 91.4 cm³/mol. The molecule has 21 heavy (non-hydrogen) atoms. The number of halogens is 2. The molecule has 0 aliphatic rings. The van der Waals surface area contributed by atoms with E-state index in [1.54, 1.807) is 18.2 Å². The molecular weight excluding hydrogens is 327 g/mol. The second kappa shape index (κ2) is 7.07. The van der Waals surface area contributed by atoms with Crippen LogP contribution in [-0.2, 0) is 4.79 Å². The van der Waals surface area contributed by atoms with Crippen LogP contribution in [0.3, 0.4) is 0 Å². The molecule has 0 saturated carbocycles. The molecule has 0 saturated heterocycles. The van der Waals surface area contributed by atoms with E-state index in [-0.39, 0.29) is 11.7 Å². The average Bonchev–Trinajstić information content (AvgIpc) is 2.44. The van der Waals surface area contributed by atoms with E-state index in [1.165, 1.54) is 11.8 Å². The molecule has 2 aromatic rings. The van der Waals surface area contributed by atoms with Crippen LogP contribution in [0.25, 0.3) is 0 Å². The molecule has 0 spiro atoms. The van der Waals surface area contributed by atoms with Crippen molar-refractivity contribution in [3.8, 4) is 0 Å². The molecule has 2 rings (SSSR count). The standard InChI is InChI=1S/C15H14Cl2N2OS/c1-9-2-3-10(6-12(9)16)19-15(20)8-21-11-4-5-14(18)13(17)7-11/h2-7H,8,18H2,1H3,(H,19,20). The fourth-order valence-electron chi connectivity index (χ4n) is 1.61. The maximum absolute atomic E-state index is 11.9. The Morgan fingerprint density at radius 1 is 1.19 bits per heavy atom. The predicted octanol–water partition coefficient (Wildman–Crippen LogP) is 4.61. The Balaban J connectivity index is 1.92. The number of rotatable bonds is 4. The minimum Gasteiger partial charge on any atom is -0.398 e. The smallest absolute Gasteiger partial charge is 0.234 e. The summed E-state index contributed by atoms with van der Waals surface area (Å²) in [5, 5.41) is 3.93. The van der Waals surface area contributed by atoms with E-state index in [2.05, 4.69) is 5.32 Å². The summed E-state index contributed by atoms with van der Waals surface area (Å²) in [7, 11) is 0. The number of nitrogens with one attached hydrogen (secondary N) is 1. The zero-order valence-corrected chi connectivity index (χ0v) is 13.6. The van der Waals surface area contributed by atoms with E-state index >= 15 is 0 Å². The van der Waals surface area contributed by atoms with Crippen LogP contribution in [-0.4, -0.2) is 11.7 Å². The van der Waals surface area contributed by atoms with Gasteiger partial charge in [-0.2, -0.15) is 0 Å². The van der Waals surface area contributed by atoms with Gasteiger partial charge >= 0.3 is 0 Å². The highest BCUT2D eigenvalue weighted by Crippen LogP contribution is 2.26. The third kappa shape index (κ3) is 4.56. The van der Waals surface area contributed by atoms with Gasteiger partial charge < -0.3 is 11.1 Å². The first kappa shape index (κ1) is 16.0. The number of carbonyl (C=O) groups is 1. The highest BCUT2D eigenvalue weighted by atomic mass is 35.5. The summed E-state index contributed by atoms with van der Waals surface area (Å²) in [6.07, 6.45) is 0. The summed E-state index contributed by atoms with van der Waals surface area (Å²) in [4.78, 5) is 12.8. The molecular formula is C15H14Cl2N2OS. The SMILES string of the molecule is Cc1ccc(NC(=O)CSc2ccc(N)c(Cl)c2)cc1Cl. The van der Waals surface area contributed by atoms with E-state index < -0.39 is 0 Å². The van der Waals surface area contributed by atoms with Crippen LogP contribution >= 0.6 is 35.0 Å². The molecule has 0 heterocycles. The summed E-state index contributed by atoms with van der Waals surface area (Å²) >= 11 is 13.4. The van der Waals surface area contributed by atoms with Gasteiger partial charge in [0.1, 0.15) is 0 Å². The first-order valence-corrected chi connectivity index (χ1v) is 7.93. The monoisotopic (exact) mass is 340 g/mol. The molecule has 0 unspecified atom stereocenters. The van der Waals surface area contributed by atoms with Crippen molar-refractivity contribution in [2.24, 2.45) is 0 Å². The molecule has 0 radical (unpaired) electrons. The molecule has 0 aliphatic carbocycles. The van der Waals surface area contributed by atoms with Crippen LogP contribution in [0.1, 0.15) is 5.56 Å².